The van der Waals surface area contributed by atoms with Crippen molar-refractivity contribution in [1.82, 2.24) is 0 Å². The van der Waals surface area contributed by atoms with Crippen molar-refractivity contribution < 1.29 is 20.4 Å². The Morgan fingerprint density at radius 2 is 1.48 bits per heavy atom. The van der Waals surface area contributed by atoms with Crippen molar-refractivity contribution in [1.29, 1.82) is 0 Å². The Bertz CT molecular complexity index is 268. The fourth-order valence-electron chi connectivity index (χ4n) is 3.16. The van der Waals surface area contributed by atoms with Crippen LogP contribution in [0.25, 0.3) is 0 Å². The lowest BCUT2D eigenvalue weighted by Crippen LogP contribution is -2.50. The van der Waals surface area contributed by atoms with Crippen LogP contribution in [0.5, 0.6) is 0 Å². The molecule has 0 fully saturated rings. The van der Waals surface area contributed by atoms with Crippen molar-refractivity contribution in [2.45, 2.75) is 97.6 Å². The average molecular weight is 304 g/mol. The van der Waals surface area contributed by atoms with Gasteiger partial charge in [-0.15, -0.1) is 0 Å². The van der Waals surface area contributed by atoms with E-state index in [1.54, 1.807) is 6.92 Å². The Labute approximate surface area is 130 Å². The molecule has 4 heteroatoms. The van der Waals surface area contributed by atoms with E-state index >= 15 is 0 Å². The summed E-state index contributed by atoms with van der Waals surface area (Å²) in [7, 11) is 0. The summed E-state index contributed by atoms with van der Waals surface area (Å²) < 4.78 is 0. The molecular formula is C17H36O4. The molecule has 4 nitrogen and oxygen atoms in total. The molecule has 0 radical (unpaired) electrons. The lowest BCUT2D eigenvalue weighted by atomic mass is 9.65. The second kappa shape index (κ2) is 9.78. The summed E-state index contributed by atoms with van der Waals surface area (Å²) in [6, 6.07) is 0. The first kappa shape index (κ1) is 20.8. The maximum Gasteiger partial charge on any atom is 0.0645 e. The zero-order chi connectivity index (χ0) is 16.6. The molecule has 0 bridgehead atoms. The smallest absolute Gasteiger partial charge is 0.0645 e. The van der Waals surface area contributed by atoms with Crippen molar-refractivity contribution in [3.63, 3.8) is 0 Å². The molecule has 0 aromatic heterocycles. The van der Waals surface area contributed by atoms with Crippen LogP contribution in [0.2, 0.25) is 0 Å². The number of aliphatic hydroxyl groups is 4. The summed E-state index contributed by atoms with van der Waals surface area (Å²) in [5.74, 6) is -0.00504. The van der Waals surface area contributed by atoms with E-state index in [9.17, 15) is 20.4 Å². The molecule has 0 heterocycles. The van der Waals surface area contributed by atoms with E-state index in [0.29, 0.717) is 32.1 Å². The highest BCUT2D eigenvalue weighted by molar-refractivity contribution is 4.95. The first-order valence-electron chi connectivity index (χ1n) is 8.43. The van der Waals surface area contributed by atoms with Gasteiger partial charge in [-0.05, 0) is 44.9 Å². The van der Waals surface area contributed by atoms with E-state index in [4.69, 9.17) is 0 Å². The van der Waals surface area contributed by atoms with Crippen molar-refractivity contribution in [3.05, 3.63) is 0 Å². The maximum absolute atomic E-state index is 10.7. The highest BCUT2D eigenvalue weighted by Gasteiger charge is 2.45. The van der Waals surface area contributed by atoms with Crippen molar-refractivity contribution >= 4 is 0 Å². The molecule has 5 unspecified atom stereocenters. The number of rotatable bonds is 11. The Hall–Kier alpha value is -0.160. The Morgan fingerprint density at radius 1 is 0.905 bits per heavy atom. The molecule has 0 aliphatic carbocycles. The second-order valence-corrected chi connectivity index (χ2v) is 6.88. The first-order chi connectivity index (χ1) is 9.71. The minimum Gasteiger partial charge on any atom is -0.393 e. The van der Waals surface area contributed by atoms with Crippen LogP contribution in [0.3, 0.4) is 0 Å². The largest absolute Gasteiger partial charge is 0.393 e. The van der Waals surface area contributed by atoms with Gasteiger partial charge in [0, 0.05) is 5.41 Å². The molecule has 128 valence electrons. The quantitative estimate of drug-likeness (QED) is 0.473. The van der Waals surface area contributed by atoms with Crippen molar-refractivity contribution in [3.8, 4) is 0 Å². The Kier molecular flexibility index (Phi) is 9.70. The van der Waals surface area contributed by atoms with E-state index < -0.39 is 29.8 Å². The summed E-state index contributed by atoms with van der Waals surface area (Å²) in [6.07, 6.45) is 1.04. The van der Waals surface area contributed by atoms with E-state index in [-0.39, 0.29) is 5.92 Å². The van der Waals surface area contributed by atoms with Gasteiger partial charge in [0.15, 0.2) is 0 Å². The third-order valence-corrected chi connectivity index (χ3v) is 4.56. The van der Waals surface area contributed by atoms with E-state index in [1.807, 2.05) is 27.7 Å². The summed E-state index contributed by atoms with van der Waals surface area (Å²) >= 11 is 0. The van der Waals surface area contributed by atoms with Crippen molar-refractivity contribution in [2.24, 2.45) is 11.3 Å². The normalized spacial score (nSPS) is 20.9. The maximum atomic E-state index is 10.7. The highest BCUT2D eigenvalue weighted by atomic mass is 16.3. The van der Waals surface area contributed by atoms with Crippen LogP contribution < -0.4 is 0 Å². The number of aliphatic hydroxyl groups excluding tert-OH is 4. The van der Waals surface area contributed by atoms with Gasteiger partial charge in [0.1, 0.15) is 0 Å². The van der Waals surface area contributed by atoms with Crippen molar-refractivity contribution in [2.75, 3.05) is 0 Å². The van der Waals surface area contributed by atoms with Gasteiger partial charge in [-0.25, -0.2) is 0 Å². The van der Waals surface area contributed by atoms with E-state index in [0.717, 1.165) is 6.42 Å². The minimum atomic E-state index is -0.753. The zero-order valence-electron chi connectivity index (χ0n) is 14.4. The van der Waals surface area contributed by atoms with Gasteiger partial charge in [-0.2, -0.15) is 0 Å². The highest BCUT2D eigenvalue weighted by Crippen LogP contribution is 2.42. The average Bonchev–Trinajstić information content (AvgIpc) is 2.42. The van der Waals surface area contributed by atoms with Gasteiger partial charge in [0.2, 0.25) is 0 Å². The lowest BCUT2D eigenvalue weighted by molar-refractivity contribution is -0.122. The molecule has 0 amide bonds. The SMILES string of the molecule is CCCC(O)C(CCC(C)O)(CC(O)CC)C(O)C(C)C. The first-order valence-corrected chi connectivity index (χ1v) is 8.43. The summed E-state index contributed by atoms with van der Waals surface area (Å²) in [5.41, 5.74) is -0.753. The molecule has 5 atom stereocenters. The summed E-state index contributed by atoms with van der Waals surface area (Å²) in [5, 5.41) is 41.2. The third-order valence-electron chi connectivity index (χ3n) is 4.56. The van der Waals surface area contributed by atoms with Gasteiger partial charge >= 0.3 is 0 Å². The van der Waals surface area contributed by atoms with Crippen LogP contribution >= 0.6 is 0 Å². The van der Waals surface area contributed by atoms with Crippen LogP contribution in [0.15, 0.2) is 0 Å². The number of hydrogen-bond donors (Lipinski definition) is 4. The Morgan fingerprint density at radius 3 is 1.86 bits per heavy atom. The molecule has 0 aromatic rings. The molecule has 0 aliphatic rings. The molecule has 0 saturated heterocycles. The molecule has 21 heavy (non-hydrogen) atoms. The molecule has 4 N–H and O–H groups in total. The summed E-state index contributed by atoms with van der Waals surface area (Å²) in [4.78, 5) is 0. The molecule has 0 rings (SSSR count). The van der Waals surface area contributed by atoms with Gasteiger partial charge in [0.05, 0.1) is 24.4 Å². The molecular weight excluding hydrogens is 268 g/mol. The molecule has 0 aromatic carbocycles. The standard InChI is InChI=1S/C17H36O4/c1-6-8-15(20)17(10-9-13(5)18,11-14(19)7-2)16(21)12(3)4/h12-16,18-21H,6-11H2,1-5H3. The summed E-state index contributed by atoms with van der Waals surface area (Å²) in [6.45, 7) is 9.48. The van der Waals surface area contributed by atoms with Gasteiger partial charge < -0.3 is 20.4 Å². The predicted molar refractivity (Wildman–Crippen MR) is 86.0 cm³/mol. The van der Waals surface area contributed by atoms with E-state index in [2.05, 4.69) is 0 Å². The van der Waals surface area contributed by atoms with Gasteiger partial charge in [0.25, 0.3) is 0 Å². The third kappa shape index (κ3) is 6.23. The second-order valence-electron chi connectivity index (χ2n) is 6.88. The monoisotopic (exact) mass is 304 g/mol. The fraction of sp³-hybridized carbons (Fsp3) is 1.00. The lowest BCUT2D eigenvalue weighted by Gasteiger charge is -2.45. The van der Waals surface area contributed by atoms with Gasteiger partial charge in [-0.3, -0.25) is 0 Å². The Balaban J connectivity index is 5.45. The van der Waals surface area contributed by atoms with Crippen LogP contribution in [0, 0.1) is 11.3 Å². The van der Waals surface area contributed by atoms with Gasteiger partial charge in [-0.1, -0.05) is 34.1 Å². The number of hydrogen-bond acceptors (Lipinski definition) is 4. The van der Waals surface area contributed by atoms with Crippen LogP contribution in [-0.2, 0) is 0 Å². The van der Waals surface area contributed by atoms with Crippen LogP contribution in [0.4, 0.5) is 0 Å². The fourth-order valence-corrected chi connectivity index (χ4v) is 3.16. The minimum absolute atomic E-state index is 0.00504. The van der Waals surface area contributed by atoms with E-state index in [1.165, 1.54) is 0 Å². The zero-order valence-corrected chi connectivity index (χ0v) is 14.4. The topological polar surface area (TPSA) is 80.9 Å². The van der Waals surface area contributed by atoms with Crippen LogP contribution in [-0.4, -0.2) is 44.8 Å². The molecule has 0 spiro atoms. The van der Waals surface area contributed by atoms with Crippen LogP contribution in [0.1, 0.15) is 73.1 Å². The predicted octanol–water partition coefficient (Wildman–Crippen LogP) is 2.47. The molecule has 0 aliphatic heterocycles. The molecule has 0 saturated carbocycles.